The minimum atomic E-state index is -0.724. The molecule has 0 bridgehead atoms. The number of thiol groups is 1. The molecule has 3 aromatic rings. The Morgan fingerprint density at radius 1 is 0.667 bits per heavy atom. The number of ether oxygens (including phenoxy) is 1. The first-order chi connectivity index (χ1) is 20.6. The molecule has 1 unspecified atom stereocenters. The zero-order chi connectivity index (χ0) is 29.9. The minimum Gasteiger partial charge on any atom is -0.365 e. The average molecular weight is 604 g/mol. The Balaban J connectivity index is 1.54. The first-order valence-corrected chi connectivity index (χ1v) is 17.2. The fourth-order valence-corrected chi connectivity index (χ4v) is 6.26. The molecule has 42 heavy (non-hydrogen) atoms. The molecule has 0 aliphatic rings. The molecule has 0 saturated heterocycles. The zero-order valence-electron chi connectivity index (χ0n) is 26.1. The van der Waals surface area contributed by atoms with E-state index in [0.29, 0.717) is 6.61 Å². The van der Waals surface area contributed by atoms with Gasteiger partial charge in [-0.15, -0.1) is 0 Å². The van der Waals surface area contributed by atoms with Gasteiger partial charge in [-0.2, -0.15) is 12.6 Å². The molecule has 228 valence electrons. The SMILES string of the molecule is CCCCCCCCCCCCCCN(CC(S)COC(c1ccccc1)(c1ccccc1)c1ccccc1)C(C)=S. The molecule has 1 atom stereocenters. The van der Waals surface area contributed by atoms with Gasteiger partial charge in [0.15, 0.2) is 0 Å². The second-order valence-corrected chi connectivity index (χ2v) is 12.9. The summed E-state index contributed by atoms with van der Waals surface area (Å²) in [5.41, 5.74) is 2.62. The highest BCUT2D eigenvalue weighted by Crippen LogP contribution is 2.40. The van der Waals surface area contributed by atoms with Crippen molar-refractivity contribution in [3.63, 3.8) is 0 Å². The van der Waals surface area contributed by atoms with Crippen LogP contribution in [-0.2, 0) is 10.3 Å². The van der Waals surface area contributed by atoms with Crippen LogP contribution >= 0.6 is 24.8 Å². The average Bonchev–Trinajstić information content (AvgIpc) is 3.03. The monoisotopic (exact) mass is 603 g/mol. The van der Waals surface area contributed by atoms with E-state index < -0.39 is 5.60 Å². The van der Waals surface area contributed by atoms with Gasteiger partial charge in [0, 0.05) is 18.3 Å². The highest BCUT2D eigenvalue weighted by atomic mass is 32.1. The van der Waals surface area contributed by atoms with Gasteiger partial charge in [-0.25, -0.2) is 0 Å². The van der Waals surface area contributed by atoms with Crippen molar-refractivity contribution in [3.8, 4) is 0 Å². The van der Waals surface area contributed by atoms with E-state index >= 15 is 0 Å². The van der Waals surface area contributed by atoms with Gasteiger partial charge in [0.2, 0.25) is 0 Å². The fraction of sp³-hybridized carbons (Fsp3) is 0.500. The summed E-state index contributed by atoms with van der Waals surface area (Å²) in [6, 6.07) is 31.7. The second-order valence-electron chi connectivity index (χ2n) is 11.6. The van der Waals surface area contributed by atoms with Crippen LogP contribution in [0.2, 0.25) is 0 Å². The maximum absolute atomic E-state index is 7.00. The van der Waals surface area contributed by atoms with Crippen LogP contribution in [-0.4, -0.2) is 34.8 Å². The van der Waals surface area contributed by atoms with E-state index in [1.54, 1.807) is 0 Å². The molecule has 0 N–H and O–H groups in total. The summed E-state index contributed by atoms with van der Waals surface area (Å²) in [6.07, 6.45) is 16.3. The third-order valence-electron chi connectivity index (χ3n) is 8.19. The topological polar surface area (TPSA) is 12.5 Å². The van der Waals surface area contributed by atoms with Gasteiger partial charge in [-0.1, -0.05) is 181 Å². The van der Waals surface area contributed by atoms with Crippen molar-refractivity contribution >= 4 is 29.8 Å². The Labute approximate surface area is 267 Å². The highest BCUT2D eigenvalue weighted by molar-refractivity contribution is 7.81. The van der Waals surface area contributed by atoms with Crippen molar-refractivity contribution in [3.05, 3.63) is 108 Å². The van der Waals surface area contributed by atoms with Gasteiger partial charge >= 0.3 is 0 Å². The summed E-state index contributed by atoms with van der Waals surface area (Å²) in [5.74, 6) is 0. The van der Waals surface area contributed by atoms with Crippen molar-refractivity contribution in [2.75, 3.05) is 19.7 Å². The zero-order valence-corrected chi connectivity index (χ0v) is 27.8. The fourth-order valence-electron chi connectivity index (χ4n) is 5.82. The van der Waals surface area contributed by atoms with Gasteiger partial charge in [0.05, 0.1) is 11.6 Å². The largest absolute Gasteiger partial charge is 0.365 e. The standard InChI is InChI=1S/C38H53NOS2/c1-3-4-5-6-7-8-9-10-11-12-13-23-30-39(33(2)41)31-37(42)32-40-38(34-24-17-14-18-25-34,35-26-19-15-20-27-35)36-28-21-16-22-29-36/h14-22,24-29,37,42H,3-13,23,30-32H2,1-2H3. The maximum atomic E-state index is 7.00. The summed E-state index contributed by atoms with van der Waals surface area (Å²) in [7, 11) is 0. The van der Waals surface area contributed by atoms with Gasteiger partial charge < -0.3 is 9.64 Å². The predicted octanol–water partition coefficient (Wildman–Crippen LogP) is 10.6. The first kappa shape index (κ1) is 34.4. The maximum Gasteiger partial charge on any atom is 0.143 e. The molecule has 0 fully saturated rings. The van der Waals surface area contributed by atoms with E-state index in [4.69, 9.17) is 29.6 Å². The van der Waals surface area contributed by atoms with Crippen LogP contribution in [0.25, 0.3) is 0 Å². The number of nitrogens with zero attached hydrogens (tertiary/aromatic N) is 1. The summed E-state index contributed by atoms with van der Waals surface area (Å²) >= 11 is 10.7. The second kappa shape index (κ2) is 19.9. The number of thiocarbonyl (C=S) groups is 1. The molecule has 0 spiro atoms. The molecule has 0 radical (unpaired) electrons. The van der Waals surface area contributed by atoms with Gasteiger partial charge in [-0.3, -0.25) is 0 Å². The van der Waals surface area contributed by atoms with Crippen LogP contribution in [0.15, 0.2) is 91.0 Å². The molecule has 0 amide bonds. The Bertz CT molecular complexity index is 1010. The van der Waals surface area contributed by atoms with Gasteiger partial charge in [0.25, 0.3) is 0 Å². The molecule has 0 aliphatic heterocycles. The van der Waals surface area contributed by atoms with Crippen molar-refractivity contribution in [2.24, 2.45) is 0 Å². The van der Waals surface area contributed by atoms with Crippen molar-refractivity contribution in [1.82, 2.24) is 4.90 Å². The number of unbranched alkanes of at least 4 members (excludes halogenated alkanes) is 11. The Kier molecular flexibility index (Phi) is 16.3. The normalized spacial score (nSPS) is 12.3. The van der Waals surface area contributed by atoms with E-state index in [1.165, 1.54) is 77.0 Å². The number of benzene rings is 3. The molecule has 3 rings (SSSR count). The molecular formula is C38H53NOS2. The van der Waals surface area contributed by atoms with E-state index in [-0.39, 0.29) is 5.25 Å². The molecule has 0 saturated carbocycles. The van der Waals surface area contributed by atoms with Gasteiger partial charge in [0.1, 0.15) is 5.60 Å². The lowest BCUT2D eigenvalue weighted by atomic mass is 9.80. The predicted molar refractivity (Wildman–Crippen MR) is 189 cm³/mol. The Hall–Kier alpha value is -2.14. The molecule has 0 heterocycles. The van der Waals surface area contributed by atoms with Crippen LogP contribution in [0.4, 0.5) is 0 Å². The first-order valence-electron chi connectivity index (χ1n) is 16.3. The van der Waals surface area contributed by atoms with Crippen molar-refractivity contribution in [2.45, 2.75) is 102 Å². The third kappa shape index (κ3) is 11.2. The summed E-state index contributed by atoms with van der Waals surface area (Å²) in [5, 5.41) is 0.0238. The van der Waals surface area contributed by atoms with E-state index in [2.05, 4.69) is 103 Å². The van der Waals surface area contributed by atoms with Crippen LogP contribution in [0.5, 0.6) is 0 Å². The molecule has 4 heteroatoms. The molecule has 3 aromatic carbocycles. The smallest absolute Gasteiger partial charge is 0.143 e. The van der Waals surface area contributed by atoms with E-state index in [9.17, 15) is 0 Å². The third-order valence-corrected chi connectivity index (χ3v) is 8.76. The lowest BCUT2D eigenvalue weighted by Crippen LogP contribution is -2.39. The van der Waals surface area contributed by atoms with Crippen LogP contribution < -0.4 is 0 Å². The van der Waals surface area contributed by atoms with Gasteiger partial charge in [-0.05, 0) is 30.0 Å². The number of rotatable bonds is 21. The molecule has 2 nitrogen and oxygen atoms in total. The lowest BCUT2D eigenvalue weighted by molar-refractivity contribution is 0.0124. The minimum absolute atomic E-state index is 0.0238. The lowest BCUT2D eigenvalue weighted by Gasteiger charge is -2.37. The van der Waals surface area contributed by atoms with Crippen molar-refractivity contribution in [1.29, 1.82) is 0 Å². The molecule has 0 aromatic heterocycles. The quantitative estimate of drug-likeness (QED) is 0.0563. The summed E-state index contributed by atoms with van der Waals surface area (Å²) < 4.78 is 7.00. The summed E-state index contributed by atoms with van der Waals surface area (Å²) in [6.45, 7) is 6.60. The van der Waals surface area contributed by atoms with Crippen LogP contribution in [0.3, 0.4) is 0 Å². The Morgan fingerprint density at radius 2 is 1.05 bits per heavy atom. The van der Waals surface area contributed by atoms with Crippen LogP contribution in [0, 0.1) is 0 Å². The van der Waals surface area contributed by atoms with Crippen LogP contribution in [0.1, 0.15) is 108 Å². The van der Waals surface area contributed by atoms with E-state index in [0.717, 1.165) is 34.8 Å². The number of hydrogen-bond donors (Lipinski definition) is 1. The van der Waals surface area contributed by atoms with E-state index in [1.807, 2.05) is 6.92 Å². The molecule has 0 aliphatic carbocycles. The van der Waals surface area contributed by atoms with Crippen molar-refractivity contribution < 1.29 is 4.74 Å². The molecular weight excluding hydrogens is 551 g/mol. The Morgan fingerprint density at radius 3 is 1.43 bits per heavy atom. The highest BCUT2D eigenvalue weighted by Gasteiger charge is 2.38. The summed E-state index contributed by atoms with van der Waals surface area (Å²) in [4.78, 5) is 3.26. The number of hydrogen-bond acceptors (Lipinski definition) is 3.